The maximum Gasteiger partial charge on any atom is 0.254 e. The molecular formula is C19H25N5O4. The van der Waals surface area contributed by atoms with E-state index in [-0.39, 0.29) is 5.91 Å². The van der Waals surface area contributed by atoms with Gasteiger partial charge in [-0.2, -0.15) is 0 Å². The summed E-state index contributed by atoms with van der Waals surface area (Å²) in [5.74, 6) is 1.47. The van der Waals surface area contributed by atoms with E-state index in [1.807, 2.05) is 6.07 Å². The number of nitrogens with one attached hydrogen (secondary N) is 2. The largest absolute Gasteiger partial charge is 0.497 e. The molecule has 9 nitrogen and oxygen atoms in total. The number of methoxy groups -OCH3 is 2. The van der Waals surface area contributed by atoms with Crippen LogP contribution < -0.4 is 20.1 Å². The second-order valence-electron chi connectivity index (χ2n) is 6.20. The summed E-state index contributed by atoms with van der Waals surface area (Å²) in [6.45, 7) is 4.65. The fraction of sp³-hybridized carbons (Fsp3) is 0.421. The first-order chi connectivity index (χ1) is 13.7. The second-order valence-corrected chi connectivity index (χ2v) is 6.20. The van der Waals surface area contributed by atoms with E-state index in [0.717, 1.165) is 32.8 Å². The van der Waals surface area contributed by atoms with Crippen molar-refractivity contribution in [2.45, 2.75) is 0 Å². The first kappa shape index (κ1) is 19.8. The molecule has 28 heavy (non-hydrogen) atoms. The van der Waals surface area contributed by atoms with Gasteiger partial charge in [-0.3, -0.25) is 9.69 Å². The fourth-order valence-electron chi connectivity index (χ4n) is 2.79. The molecule has 0 bridgehead atoms. The SMILES string of the molecule is COc1ccc(Nc2ncc(C(=O)NCCN3CCOCC3)cn2)c(OC)c1. The molecule has 1 aromatic carbocycles. The molecular weight excluding hydrogens is 362 g/mol. The summed E-state index contributed by atoms with van der Waals surface area (Å²) < 4.78 is 15.8. The number of amides is 1. The number of morpholine rings is 1. The number of ether oxygens (including phenoxy) is 3. The molecule has 0 aliphatic carbocycles. The Labute approximate surface area is 164 Å². The average Bonchev–Trinajstić information content (AvgIpc) is 2.75. The number of anilines is 2. The quantitative estimate of drug-likeness (QED) is 0.700. The molecule has 0 radical (unpaired) electrons. The lowest BCUT2D eigenvalue weighted by molar-refractivity contribution is 0.0383. The minimum absolute atomic E-state index is 0.193. The molecule has 0 spiro atoms. The van der Waals surface area contributed by atoms with Crippen molar-refractivity contribution in [3.63, 3.8) is 0 Å². The highest BCUT2D eigenvalue weighted by molar-refractivity contribution is 5.93. The standard InChI is InChI=1S/C19H25N5O4/c1-26-15-3-4-16(17(11-15)27-2)23-19-21-12-14(13-22-19)18(25)20-5-6-24-7-9-28-10-8-24/h3-4,11-13H,5-10H2,1-2H3,(H,20,25)(H,21,22,23). The molecule has 1 aliphatic heterocycles. The molecule has 0 unspecified atom stereocenters. The summed E-state index contributed by atoms with van der Waals surface area (Å²) in [4.78, 5) is 22.9. The van der Waals surface area contributed by atoms with Crippen molar-refractivity contribution in [3.8, 4) is 11.5 Å². The first-order valence-electron chi connectivity index (χ1n) is 9.09. The molecule has 3 rings (SSSR count). The average molecular weight is 387 g/mol. The van der Waals surface area contributed by atoms with Crippen LogP contribution in [0.25, 0.3) is 0 Å². The predicted molar refractivity (Wildman–Crippen MR) is 104 cm³/mol. The molecule has 2 aromatic rings. The van der Waals surface area contributed by atoms with Gasteiger partial charge in [-0.05, 0) is 12.1 Å². The smallest absolute Gasteiger partial charge is 0.254 e. The van der Waals surface area contributed by atoms with E-state index in [0.29, 0.717) is 35.2 Å². The van der Waals surface area contributed by atoms with Crippen LogP contribution in [0.5, 0.6) is 11.5 Å². The summed E-state index contributed by atoms with van der Waals surface area (Å²) in [5, 5.41) is 5.96. The zero-order valence-electron chi connectivity index (χ0n) is 16.1. The number of nitrogens with zero attached hydrogens (tertiary/aromatic N) is 3. The van der Waals surface area contributed by atoms with Crippen molar-refractivity contribution < 1.29 is 19.0 Å². The molecule has 1 saturated heterocycles. The minimum atomic E-state index is -0.193. The van der Waals surface area contributed by atoms with Crippen molar-refractivity contribution >= 4 is 17.5 Å². The zero-order valence-corrected chi connectivity index (χ0v) is 16.1. The number of rotatable bonds is 8. The van der Waals surface area contributed by atoms with Gasteiger partial charge >= 0.3 is 0 Å². The van der Waals surface area contributed by atoms with Crippen LogP contribution in [0.1, 0.15) is 10.4 Å². The van der Waals surface area contributed by atoms with Gasteiger partial charge in [0, 0.05) is 44.6 Å². The monoisotopic (exact) mass is 387 g/mol. The van der Waals surface area contributed by atoms with Gasteiger partial charge in [-0.25, -0.2) is 9.97 Å². The van der Waals surface area contributed by atoms with Crippen LogP contribution in [0.15, 0.2) is 30.6 Å². The van der Waals surface area contributed by atoms with Gasteiger partial charge in [-0.15, -0.1) is 0 Å². The highest BCUT2D eigenvalue weighted by atomic mass is 16.5. The van der Waals surface area contributed by atoms with Gasteiger partial charge in [0.1, 0.15) is 11.5 Å². The number of carbonyl (C=O) groups is 1. The van der Waals surface area contributed by atoms with Crippen LogP contribution in [0.3, 0.4) is 0 Å². The molecule has 1 aromatic heterocycles. The lowest BCUT2D eigenvalue weighted by Gasteiger charge is -2.26. The minimum Gasteiger partial charge on any atom is -0.497 e. The van der Waals surface area contributed by atoms with Gasteiger partial charge in [0.05, 0.1) is 38.7 Å². The summed E-state index contributed by atoms with van der Waals surface area (Å²) >= 11 is 0. The van der Waals surface area contributed by atoms with Crippen molar-refractivity contribution in [2.75, 3.05) is 58.9 Å². The van der Waals surface area contributed by atoms with Gasteiger partial charge in [0.15, 0.2) is 0 Å². The fourth-order valence-corrected chi connectivity index (χ4v) is 2.79. The van der Waals surface area contributed by atoms with Crippen molar-refractivity contribution in [3.05, 3.63) is 36.2 Å². The van der Waals surface area contributed by atoms with Crippen molar-refractivity contribution in [1.29, 1.82) is 0 Å². The maximum atomic E-state index is 12.2. The third kappa shape index (κ3) is 5.30. The van der Waals surface area contributed by atoms with E-state index >= 15 is 0 Å². The normalized spacial score (nSPS) is 14.4. The third-order valence-electron chi connectivity index (χ3n) is 4.39. The molecule has 0 atom stereocenters. The molecule has 1 amide bonds. The highest BCUT2D eigenvalue weighted by Crippen LogP contribution is 2.30. The summed E-state index contributed by atoms with van der Waals surface area (Å²) in [6, 6.07) is 5.38. The Balaban J connectivity index is 1.53. The summed E-state index contributed by atoms with van der Waals surface area (Å²) in [5.41, 5.74) is 1.11. The van der Waals surface area contributed by atoms with E-state index in [2.05, 4.69) is 25.5 Å². The lowest BCUT2D eigenvalue weighted by Crippen LogP contribution is -2.41. The Morgan fingerprint density at radius 2 is 1.93 bits per heavy atom. The van der Waals surface area contributed by atoms with Gasteiger partial charge in [-0.1, -0.05) is 0 Å². The van der Waals surface area contributed by atoms with Gasteiger partial charge < -0.3 is 24.8 Å². The molecule has 1 fully saturated rings. The maximum absolute atomic E-state index is 12.2. The van der Waals surface area contributed by atoms with Crippen molar-refractivity contribution in [1.82, 2.24) is 20.2 Å². The number of hydrogen-bond donors (Lipinski definition) is 2. The Morgan fingerprint density at radius 1 is 1.18 bits per heavy atom. The van der Waals surface area contributed by atoms with Crippen LogP contribution >= 0.6 is 0 Å². The van der Waals surface area contributed by atoms with Crippen LogP contribution in [0, 0.1) is 0 Å². The van der Waals surface area contributed by atoms with Crippen LogP contribution in [0.2, 0.25) is 0 Å². The van der Waals surface area contributed by atoms with Crippen molar-refractivity contribution in [2.24, 2.45) is 0 Å². The van der Waals surface area contributed by atoms with Crippen LogP contribution in [-0.4, -0.2) is 74.4 Å². The zero-order chi connectivity index (χ0) is 19.8. The number of carbonyl (C=O) groups excluding carboxylic acids is 1. The predicted octanol–water partition coefficient (Wildman–Crippen LogP) is 1.30. The third-order valence-corrected chi connectivity index (χ3v) is 4.39. The number of aromatic nitrogens is 2. The summed E-state index contributed by atoms with van der Waals surface area (Å²) in [7, 11) is 3.17. The van der Waals surface area contributed by atoms with Gasteiger partial charge in [0.2, 0.25) is 5.95 Å². The second kappa shape index (κ2) is 9.86. The van der Waals surface area contributed by atoms with Gasteiger partial charge in [0.25, 0.3) is 5.91 Å². The number of benzene rings is 1. The van der Waals surface area contributed by atoms with E-state index in [4.69, 9.17) is 14.2 Å². The Hall–Kier alpha value is -2.91. The highest BCUT2D eigenvalue weighted by Gasteiger charge is 2.12. The number of hydrogen-bond acceptors (Lipinski definition) is 8. The van der Waals surface area contributed by atoms with E-state index < -0.39 is 0 Å². The Morgan fingerprint density at radius 3 is 2.61 bits per heavy atom. The topological polar surface area (TPSA) is 97.8 Å². The van der Waals surface area contributed by atoms with E-state index in [1.54, 1.807) is 26.4 Å². The summed E-state index contributed by atoms with van der Waals surface area (Å²) in [6.07, 6.45) is 2.99. The molecule has 9 heteroatoms. The molecule has 1 aliphatic rings. The molecule has 0 saturated carbocycles. The molecule has 2 heterocycles. The van der Waals surface area contributed by atoms with Crippen LogP contribution in [0.4, 0.5) is 11.6 Å². The molecule has 150 valence electrons. The van der Waals surface area contributed by atoms with E-state index in [1.165, 1.54) is 12.4 Å². The first-order valence-corrected chi connectivity index (χ1v) is 9.09. The Bertz CT molecular complexity index is 778. The Kier molecular flexibility index (Phi) is 6.99. The van der Waals surface area contributed by atoms with E-state index in [9.17, 15) is 4.79 Å². The van der Waals surface area contributed by atoms with Crippen LogP contribution in [-0.2, 0) is 4.74 Å². The lowest BCUT2D eigenvalue weighted by atomic mass is 10.2. The molecule has 2 N–H and O–H groups in total.